The fourth-order valence-electron chi connectivity index (χ4n) is 4.14. The van der Waals surface area contributed by atoms with E-state index in [2.05, 4.69) is 20.3 Å². The number of fused-ring (bicyclic) bond motifs is 2. The van der Waals surface area contributed by atoms with Gasteiger partial charge < -0.3 is 19.9 Å². The Labute approximate surface area is 206 Å². The summed E-state index contributed by atoms with van der Waals surface area (Å²) in [6.45, 7) is 4.08. The van der Waals surface area contributed by atoms with Gasteiger partial charge in [-0.15, -0.1) is 4.73 Å². The summed E-state index contributed by atoms with van der Waals surface area (Å²) in [4.78, 5) is 44.4. The molecule has 2 N–H and O–H groups in total. The van der Waals surface area contributed by atoms with Gasteiger partial charge in [0.2, 0.25) is 0 Å². The van der Waals surface area contributed by atoms with E-state index < -0.39 is 11.5 Å². The Hall–Kier alpha value is -4.66. The van der Waals surface area contributed by atoms with Crippen molar-refractivity contribution in [2.45, 2.75) is 27.0 Å². The Morgan fingerprint density at radius 3 is 2.72 bits per heavy atom. The fourth-order valence-corrected chi connectivity index (χ4v) is 4.14. The number of esters is 1. The van der Waals surface area contributed by atoms with Crippen molar-refractivity contribution in [2.75, 3.05) is 11.9 Å². The Bertz CT molecular complexity index is 1610. The number of hydrogen-bond donors (Lipinski definition) is 2. The van der Waals surface area contributed by atoms with Gasteiger partial charge in [-0.3, -0.25) is 4.79 Å². The molecule has 2 aromatic carbocycles. The molecule has 5 aromatic rings. The number of nitrogens with one attached hydrogen (secondary N) is 2. The molecule has 0 bridgehead atoms. The van der Waals surface area contributed by atoms with Gasteiger partial charge in [0.25, 0.3) is 0 Å². The lowest BCUT2D eigenvalue weighted by molar-refractivity contribution is 0.0513. The number of rotatable bonds is 8. The maximum absolute atomic E-state index is 13.6. The Morgan fingerprint density at radius 2 is 1.92 bits per heavy atom. The van der Waals surface area contributed by atoms with Crippen LogP contribution in [0.25, 0.3) is 21.9 Å². The lowest BCUT2D eigenvalue weighted by Crippen LogP contribution is -2.34. The normalized spacial score (nSPS) is 11.1. The van der Waals surface area contributed by atoms with Gasteiger partial charge in [0.1, 0.15) is 12.9 Å². The quantitative estimate of drug-likeness (QED) is 0.321. The van der Waals surface area contributed by atoms with E-state index in [1.54, 1.807) is 13.8 Å². The van der Waals surface area contributed by atoms with E-state index in [4.69, 9.17) is 9.57 Å². The third-order valence-corrected chi connectivity index (χ3v) is 5.88. The fraction of sp³-hybridized carbons (Fsp3) is 0.185. The highest BCUT2D eigenvalue weighted by Crippen LogP contribution is 2.27. The summed E-state index contributed by atoms with van der Waals surface area (Å²) in [5.74, 6) is -0.743. The van der Waals surface area contributed by atoms with Crippen molar-refractivity contribution >= 4 is 33.6 Å². The third kappa shape index (κ3) is 4.38. The molecule has 9 nitrogen and oxygen atoms in total. The number of pyridine rings is 1. The molecule has 0 amide bonds. The minimum absolute atomic E-state index is 0.115. The molecule has 0 unspecified atom stereocenters. The minimum atomic E-state index is -0.743. The van der Waals surface area contributed by atoms with Crippen LogP contribution >= 0.6 is 0 Å². The summed E-state index contributed by atoms with van der Waals surface area (Å²) >= 11 is 0. The molecule has 3 heterocycles. The number of benzene rings is 2. The van der Waals surface area contributed by atoms with Gasteiger partial charge in [-0.05, 0) is 42.5 Å². The van der Waals surface area contributed by atoms with Gasteiger partial charge in [0.05, 0.1) is 23.4 Å². The number of aromatic nitrogens is 4. The van der Waals surface area contributed by atoms with Gasteiger partial charge in [-0.1, -0.05) is 42.5 Å². The third-order valence-electron chi connectivity index (χ3n) is 5.88. The minimum Gasteiger partial charge on any atom is -0.462 e. The molecule has 3 aromatic heterocycles. The summed E-state index contributed by atoms with van der Waals surface area (Å²) in [6, 6.07) is 17.4. The Kier molecular flexibility index (Phi) is 6.36. The molecular weight excluding hydrogens is 458 g/mol. The molecule has 0 aliphatic rings. The second-order valence-corrected chi connectivity index (χ2v) is 8.24. The van der Waals surface area contributed by atoms with Crippen molar-refractivity contribution in [3.63, 3.8) is 0 Å². The first kappa shape index (κ1) is 23.1. The zero-order chi connectivity index (χ0) is 25.1. The van der Waals surface area contributed by atoms with E-state index in [0.29, 0.717) is 23.3 Å². The van der Waals surface area contributed by atoms with Crippen molar-refractivity contribution in [3.05, 3.63) is 99.9 Å². The van der Waals surface area contributed by atoms with Gasteiger partial charge in [0, 0.05) is 18.3 Å². The lowest BCUT2D eigenvalue weighted by Gasteiger charge is -2.18. The van der Waals surface area contributed by atoms with E-state index in [-0.39, 0.29) is 24.4 Å². The predicted molar refractivity (Wildman–Crippen MR) is 137 cm³/mol. The molecule has 0 saturated heterocycles. The maximum Gasteiger partial charge on any atom is 0.346 e. The van der Waals surface area contributed by atoms with Crippen LogP contribution in [0.2, 0.25) is 0 Å². The Balaban J connectivity index is 1.62. The molecule has 0 saturated carbocycles. The van der Waals surface area contributed by atoms with E-state index >= 15 is 0 Å². The molecule has 0 aliphatic heterocycles. The first-order chi connectivity index (χ1) is 17.6. The zero-order valence-corrected chi connectivity index (χ0v) is 19.9. The number of nitrogens with zero attached hydrogens (tertiary/aromatic N) is 3. The first-order valence-electron chi connectivity index (χ1n) is 11.6. The van der Waals surface area contributed by atoms with Crippen LogP contribution in [0.5, 0.6) is 0 Å². The SMILES string of the molecule is CCOC(=O)c1c(NCc2ccc3cc[nH]c3c2)c2c(C)ncnc2n(OCc2ccccc2)c1=O. The Morgan fingerprint density at radius 1 is 1.08 bits per heavy atom. The van der Waals surface area contributed by atoms with Crippen LogP contribution in [0.15, 0.2) is 71.9 Å². The summed E-state index contributed by atoms with van der Waals surface area (Å²) in [5, 5.41) is 4.89. The highest BCUT2D eigenvalue weighted by molar-refractivity contribution is 6.05. The molecule has 0 radical (unpaired) electrons. The van der Waals surface area contributed by atoms with Gasteiger partial charge in [0.15, 0.2) is 11.2 Å². The van der Waals surface area contributed by atoms with Crippen LogP contribution in [0.4, 0.5) is 5.69 Å². The van der Waals surface area contributed by atoms with Crippen LogP contribution < -0.4 is 15.7 Å². The zero-order valence-electron chi connectivity index (χ0n) is 19.9. The number of aryl methyl sites for hydroxylation is 1. The number of ether oxygens (including phenoxy) is 1. The van der Waals surface area contributed by atoms with E-state index in [1.807, 2.05) is 60.8 Å². The van der Waals surface area contributed by atoms with Crippen molar-refractivity contribution in [1.29, 1.82) is 0 Å². The van der Waals surface area contributed by atoms with E-state index in [9.17, 15) is 9.59 Å². The molecule has 0 fully saturated rings. The highest BCUT2D eigenvalue weighted by Gasteiger charge is 2.26. The molecule has 0 aliphatic carbocycles. The van der Waals surface area contributed by atoms with Crippen molar-refractivity contribution in [2.24, 2.45) is 0 Å². The standard InChI is InChI=1S/C27H25N5O4/c1-3-35-27(34)23-24(29-14-19-9-10-20-11-12-28-21(20)13-19)22-17(2)30-16-31-25(22)32(26(23)33)36-15-18-7-5-4-6-8-18/h4-13,16,28-29H,3,14-15H2,1-2H3. The number of carbonyl (C=O) groups is 1. The average Bonchev–Trinajstić information content (AvgIpc) is 3.35. The molecule has 36 heavy (non-hydrogen) atoms. The van der Waals surface area contributed by atoms with E-state index in [0.717, 1.165) is 26.8 Å². The summed E-state index contributed by atoms with van der Waals surface area (Å²) < 4.78 is 6.32. The largest absolute Gasteiger partial charge is 0.462 e. The number of aromatic amines is 1. The summed E-state index contributed by atoms with van der Waals surface area (Å²) in [7, 11) is 0. The van der Waals surface area contributed by atoms with Crippen molar-refractivity contribution in [1.82, 2.24) is 19.7 Å². The molecule has 0 spiro atoms. The summed E-state index contributed by atoms with van der Waals surface area (Å²) in [6.07, 6.45) is 3.25. The van der Waals surface area contributed by atoms with Crippen molar-refractivity contribution in [3.8, 4) is 0 Å². The van der Waals surface area contributed by atoms with Crippen LogP contribution in [0.1, 0.15) is 34.1 Å². The number of carbonyl (C=O) groups excluding carboxylic acids is 1. The molecule has 5 rings (SSSR count). The number of H-pyrrole nitrogens is 1. The van der Waals surface area contributed by atoms with Gasteiger partial charge >= 0.3 is 11.5 Å². The smallest absolute Gasteiger partial charge is 0.346 e. The highest BCUT2D eigenvalue weighted by atomic mass is 16.7. The summed E-state index contributed by atoms with van der Waals surface area (Å²) in [5.41, 5.74) is 3.18. The molecule has 9 heteroatoms. The molecule has 0 atom stereocenters. The van der Waals surface area contributed by atoms with E-state index in [1.165, 1.54) is 6.33 Å². The molecular formula is C27H25N5O4. The maximum atomic E-state index is 13.6. The van der Waals surface area contributed by atoms with Gasteiger partial charge in [-0.25, -0.2) is 14.8 Å². The number of anilines is 1. The predicted octanol–water partition coefficient (Wildman–Crippen LogP) is 4.00. The lowest BCUT2D eigenvalue weighted by atomic mass is 10.1. The van der Waals surface area contributed by atoms with Crippen LogP contribution in [0.3, 0.4) is 0 Å². The second kappa shape index (κ2) is 9.91. The topological polar surface area (TPSA) is 111 Å². The van der Waals surface area contributed by atoms with Gasteiger partial charge in [-0.2, -0.15) is 0 Å². The number of hydrogen-bond acceptors (Lipinski definition) is 7. The molecule has 182 valence electrons. The van der Waals surface area contributed by atoms with Crippen molar-refractivity contribution < 1.29 is 14.4 Å². The van der Waals surface area contributed by atoms with Crippen LogP contribution in [-0.2, 0) is 17.9 Å². The van der Waals surface area contributed by atoms with Crippen LogP contribution in [0, 0.1) is 6.92 Å². The van der Waals surface area contributed by atoms with Crippen LogP contribution in [-0.4, -0.2) is 32.3 Å². The first-order valence-corrected chi connectivity index (χ1v) is 11.6. The average molecular weight is 484 g/mol. The second-order valence-electron chi connectivity index (χ2n) is 8.24. The monoisotopic (exact) mass is 483 g/mol.